The van der Waals surface area contributed by atoms with E-state index in [0.717, 1.165) is 13.0 Å². The number of amides is 1. The van der Waals surface area contributed by atoms with Crippen molar-refractivity contribution < 1.29 is 4.79 Å². The molecule has 0 aromatic rings. The van der Waals surface area contributed by atoms with Gasteiger partial charge in [0.05, 0.1) is 6.04 Å². The van der Waals surface area contributed by atoms with E-state index >= 15 is 0 Å². The highest BCUT2D eigenvalue weighted by Crippen LogP contribution is 2.12. The second-order valence-corrected chi connectivity index (χ2v) is 5.59. The van der Waals surface area contributed by atoms with E-state index in [1.165, 1.54) is 32.4 Å². The fourth-order valence-electron chi connectivity index (χ4n) is 2.67. The summed E-state index contributed by atoms with van der Waals surface area (Å²) in [4.78, 5) is 16.0. The first-order valence-electron chi connectivity index (χ1n) is 7.24. The molecule has 1 amide bonds. The summed E-state index contributed by atoms with van der Waals surface area (Å²) < 4.78 is 0. The number of hydrogen-bond donors (Lipinski definition) is 1. The van der Waals surface area contributed by atoms with Crippen LogP contribution in [0.15, 0.2) is 0 Å². The number of carbonyl (C=O) groups excluding carboxylic acids is 1. The monoisotopic (exact) mass is 255 g/mol. The first kappa shape index (κ1) is 15.4. The number of hydrogen-bond acceptors (Lipinski definition) is 3. The quantitative estimate of drug-likeness (QED) is 0.805. The van der Waals surface area contributed by atoms with Crippen LogP contribution in [0.5, 0.6) is 0 Å². The Kier molecular flexibility index (Phi) is 6.65. The van der Waals surface area contributed by atoms with Crippen LogP contribution in [0.2, 0.25) is 0 Å². The van der Waals surface area contributed by atoms with Gasteiger partial charge in [0.2, 0.25) is 5.91 Å². The van der Waals surface area contributed by atoms with Gasteiger partial charge in [-0.2, -0.15) is 0 Å². The van der Waals surface area contributed by atoms with Crippen LogP contribution in [0.3, 0.4) is 0 Å². The molecule has 106 valence electrons. The zero-order valence-corrected chi connectivity index (χ0v) is 12.4. The van der Waals surface area contributed by atoms with Gasteiger partial charge in [0.1, 0.15) is 0 Å². The summed E-state index contributed by atoms with van der Waals surface area (Å²) in [5.74, 6) is 0.171. The van der Waals surface area contributed by atoms with Gasteiger partial charge in [-0.05, 0) is 52.2 Å². The van der Waals surface area contributed by atoms with Crippen molar-refractivity contribution in [3.05, 3.63) is 0 Å². The zero-order valence-electron chi connectivity index (χ0n) is 12.4. The third-order valence-corrected chi connectivity index (χ3v) is 3.66. The number of nitrogens with zero attached hydrogens (tertiary/aromatic N) is 2. The van der Waals surface area contributed by atoms with Crippen LogP contribution >= 0.6 is 0 Å². The molecule has 4 heteroatoms. The minimum atomic E-state index is -0.0669. The van der Waals surface area contributed by atoms with Gasteiger partial charge in [0.25, 0.3) is 0 Å². The van der Waals surface area contributed by atoms with Crippen LogP contribution in [0.1, 0.15) is 39.5 Å². The first-order valence-corrected chi connectivity index (χ1v) is 7.24. The number of carbonyl (C=O) groups is 1. The second kappa shape index (κ2) is 7.74. The van der Waals surface area contributed by atoms with Gasteiger partial charge in [-0.3, -0.25) is 4.79 Å². The zero-order chi connectivity index (χ0) is 13.5. The lowest BCUT2D eigenvalue weighted by Gasteiger charge is -2.24. The van der Waals surface area contributed by atoms with Crippen molar-refractivity contribution in [3.8, 4) is 0 Å². The van der Waals surface area contributed by atoms with Crippen LogP contribution in [0.25, 0.3) is 0 Å². The first-order chi connectivity index (χ1) is 8.54. The third-order valence-electron chi connectivity index (χ3n) is 3.66. The lowest BCUT2D eigenvalue weighted by atomic mass is 10.1. The van der Waals surface area contributed by atoms with Crippen LogP contribution < -0.4 is 5.32 Å². The molecule has 4 nitrogen and oxygen atoms in total. The maximum atomic E-state index is 11.8. The SMILES string of the molecule is CCCN1CCCC(NC(C)C(=O)N(C)C)CC1. The minimum Gasteiger partial charge on any atom is -0.347 e. The number of likely N-dealkylation sites (tertiary alicyclic amines) is 1. The van der Waals surface area contributed by atoms with E-state index < -0.39 is 0 Å². The summed E-state index contributed by atoms with van der Waals surface area (Å²) in [6, 6.07) is 0.425. The van der Waals surface area contributed by atoms with E-state index in [-0.39, 0.29) is 11.9 Å². The van der Waals surface area contributed by atoms with Gasteiger partial charge in [0.15, 0.2) is 0 Å². The Bertz CT molecular complexity index is 255. The van der Waals surface area contributed by atoms with Crippen molar-refractivity contribution in [2.75, 3.05) is 33.7 Å². The van der Waals surface area contributed by atoms with Crippen LogP contribution in [-0.2, 0) is 4.79 Å². The van der Waals surface area contributed by atoms with Crippen molar-refractivity contribution in [3.63, 3.8) is 0 Å². The maximum Gasteiger partial charge on any atom is 0.238 e. The smallest absolute Gasteiger partial charge is 0.238 e. The van der Waals surface area contributed by atoms with E-state index in [2.05, 4.69) is 17.1 Å². The van der Waals surface area contributed by atoms with Gasteiger partial charge in [-0.1, -0.05) is 6.92 Å². The Morgan fingerprint density at radius 1 is 1.39 bits per heavy atom. The maximum absolute atomic E-state index is 11.8. The Morgan fingerprint density at radius 2 is 2.11 bits per heavy atom. The van der Waals surface area contributed by atoms with Crippen molar-refractivity contribution in [1.29, 1.82) is 0 Å². The number of nitrogens with one attached hydrogen (secondary N) is 1. The molecule has 18 heavy (non-hydrogen) atoms. The van der Waals surface area contributed by atoms with Crippen LogP contribution in [0.4, 0.5) is 0 Å². The molecule has 1 aliphatic rings. The average molecular weight is 255 g/mol. The van der Waals surface area contributed by atoms with E-state index in [0.29, 0.717) is 6.04 Å². The predicted octanol–water partition coefficient (Wildman–Crippen LogP) is 1.32. The van der Waals surface area contributed by atoms with Gasteiger partial charge >= 0.3 is 0 Å². The molecule has 1 saturated heterocycles. The summed E-state index contributed by atoms with van der Waals surface area (Å²) in [5, 5.41) is 3.48. The van der Waals surface area contributed by atoms with Crippen molar-refractivity contribution in [2.24, 2.45) is 0 Å². The van der Waals surface area contributed by atoms with Gasteiger partial charge < -0.3 is 15.1 Å². The number of rotatable bonds is 5. The molecule has 0 bridgehead atoms. The Labute approximate surface area is 112 Å². The predicted molar refractivity (Wildman–Crippen MR) is 75.7 cm³/mol. The lowest BCUT2D eigenvalue weighted by Crippen LogP contribution is -2.46. The standard InChI is InChI=1S/C14H29N3O/c1-5-9-17-10-6-7-13(8-11-17)15-12(2)14(18)16(3)4/h12-13,15H,5-11H2,1-4H3. The molecule has 1 heterocycles. The van der Waals surface area contributed by atoms with Crippen molar-refractivity contribution in [1.82, 2.24) is 15.1 Å². The molecule has 1 aliphatic heterocycles. The van der Waals surface area contributed by atoms with Crippen LogP contribution in [-0.4, -0.2) is 61.5 Å². The Morgan fingerprint density at radius 3 is 2.72 bits per heavy atom. The molecule has 0 spiro atoms. The molecule has 1 fully saturated rings. The van der Waals surface area contributed by atoms with Gasteiger partial charge in [-0.15, -0.1) is 0 Å². The summed E-state index contributed by atoms with van der Waals surface area (Å²) >= 11 is 0. The summed E-state index contributed by atoms with van der Waals surface area (Å²) in [5.41, 5.74) is 0. The molecule has 2 unspecified atom stereocenters. The molecule has 1 rings (SSSR count). The molecule has 0 aromatic carbocycles. The normalized spacial score (nSPS) is 23.4. The Hall–Kier alpha value is -0.610. The van der Waals surface area contributed by atoms with Crippen LogP contribution in [0, 0.1) is 0 Å². The third kappa shape index (κ3) is 4.94. The summed E-state index contributed by atoms with van der Waals surface area (Å²) in [6.45, 7) is 7.78. The molecule has 1 N–H and O–H groups in total. The van der Waals surface area contributed by atoms with Gasteiger partial charge in [-0.25, -0.2) is 0 Å². The largest absolute Gasteiger partial charge is 0.347 e. The molecule has 0 saturated carbocycles. The second-order valence-electron chi connectivity index (χ2n) is 5.59. The fourth-order valence-corrected chi connectivity index (χ4v) is 2.67. The van der Waals surface area contributed by atoms with E-state index in [4.69, 9.17) is 0 Å². The van der Waals surface area contributed by atoms with Crippen molar-refractivity contribution >= 4 is 5.91 Å². The topological polar surface area (TPSA) is 35.6 Å². The molecule has 0 aliphatic carbocycles. The van der Waals surface area contributed by atoms with E-state index in [1.54, 1.807) is 4.90 Å². The van der Waals surface area contributed by atoms with E-state index in [1.807, 2.05) is 21.0 Å². The summed E-state index contributed by atoms with van der Waals surface area (Å²) in [6.07, 6.45) is 4.81. The van der Waals surface area contributed by atoms with Crippen molar-refractivity contribution in [2.45, 2.75) is 51.6 Å². The highest BCUT2D eigenvalue weighted by atomic mass is 16.2. The van der Waals surface area contributed by atoms with Gasteiger partial charge in [0, 0.05) is 20.1 Å². The Balaban J connectivity index is 2.37. The molecule has 0 aromatic heterocycles. The average Bonchev–Trinajstić information content (AvgIpc) is 2.54. The summed E-state index contributed by atoms with van der Waals surface area (Å²) in [7, 11) is 3.63. The minimum absolute atomic E-state index is 0.0669. The molecular formula is C14H29N3O. The fraction of sp³-hybridized carbons (Fsp3) is 0.929. The van der Waals surface area contributed by atoms with E-state index in [9.17, 15) is 4.79 Å². The molecule has 2 atom stereocenters. The molecular weight excluding hydrogens is 226 g/mol. The molecule has 0 radical (unpaired) electrons. The lowest BCUT2D eigenvalue weighted by molar-refractivity contribution is -0.130. The highest BCUT2D eigenvalue weighted by molar-refractivity contribution is 5.80. The number of likely N-dealkylation sites (N-methyl/N-ethyl adjacent to an activating group) is 1. The highest BCUT2D eigenvalue weighted by Gasteiger charge is 2.21.